The van der Waals surface area contributed by atoms with Gasteiger partial charge in [0.15, 0.2) is 11.6 Å². The molecule has 9 heteroatoms. The Bertz CT molecular complexity index is 1540. The van der Waals surface area contributed by atoms with Gasteiger partial charge in [-0.05, 0) is 30.7 Å². The molecule has 0 radical (unpaired) electrons. The van der Waals surface area contributed by atoms with Crippen molar-refractivity contribution in [2.24, 2.45) is 14.1 Å². The molecule has 156 valence electrons. The maximum absolute atomic E-state index is 14.3. The number of imidazole rings is 1. The van der Waals surface area contributed by atoms with Crippen LogP contribution in [0, 0.1) is 12.7 Å². The first kappa shape index (κ1) is 19.0. The molecule has 0 aliphatic rings. The van der Waals surface area contributed by atoms with Gasteiger partial charge in [-0.25, -0.2) is 14.2 Å². The van der Waals surface area contributed by atoms with Crippen molar-refractivity contribution in [1.29, 1.82) is 0 Å². The van der Waals surface area contributed by atoms with E-state index in [1.165, 1.54) is 6.07 Å². The minimum Gasteiger partial charge on any atom is -0.371 e. The van der Waals surface area contributed by atoms with E-state index in [1.54, 1.807) is 40.3 Å². The molecule has 1 N–H and O–H groups in total. The van der Waals surface area contributed by atoms with Gasteiger partial charge in [-0.15, -0.1) is 0 Å². The molecule has 0 atom stereocenters. The first-order valence-electron chi connectivity index (χ1n) is 9.73. The Morgan fingerprint density at radius 1 is 1.06 bits per heavy atom. The molecule has 1 aromatic carbocycles. The number of halogens is 1. The number of aromatic nitrogens is 6. The Morgan fingerprint density at radius 2 is 1.87 bits per heavy atom. The molecular formula is C22H20FN7O. The van der Waals surface area contributed by atoms with Crippen molar-refractivity contribution in [2.75, 3.05) is 12.4 Å². The van der Waals surface area contributed by atoms with Crippen molar-refractivity contribution in [1.82, 2.24) is 28.9 Å². The lowest BCUT2D eigenvalue weighted by Crippen LogP contribution is -2.21. The van der Waals surface area contributed by atoms with Crippen molar-refractivity contribution < 1.29 is 4.39 Å². The first-order valence-corrected chi connectivity index (χ1v) is 9.73. The predicted octanol–water partition coefficient (Wildman–Crippen LogP) is 3.16. The third kappa shape index (κ3) is 2.81. The van der Waals surface area contributed by atoms with Gasteiger partial charge in [-0.3, -0.25) is 18.8 Å². The van der Waals surface area contributed by atoms with Crippen molar-refractivity contribution in [3.05, 3.63) is 64.9 Å². The Balaban J connectivity index is 1.84. The van der Waals surface area contributed by atoms with Crippen LogP contribution in [0.1, 0.15) is 5.69 Å². The number of pyridine rings is 2. The monoisotopic (exact) mass is 417 g/mol. The number of anilines is 1. The van der Waals surface area contributed by atoms with Gasteiger partial charge in [0, 0.05) is 44.5 Å². The Morgan fingerprint density at radius 3 is 2.55 bits per heavy atom. The van der Waals surface area contributed by atoms with Crippen LogP contribution in [0.2, 0.25) is 0 Å². The summed E-state index contributed by atoms with van der Waals surface area (Å²) in [6.45, 7) is 1.87. The van der Waals surface area contributed by atoms with Crippen LogP contribution in [0.15, 0.2) is 47.7 Å². The molecule has 4 heterocycles. The first-order chi connectivity index (χ1) is 14.9. The van der Waals surface area contributed by atoms with Crippen molar-refractivity contribution in [3.63, 3.8) is 0 Å². The van der Waals surface area contributed by atoms with E-state index in [0.29, 0.717) is 16.8 Å². The lowest BCUT2D eigenvalue weighted by molar-refractivity contribution is 0.626. The maximum atomic E-state index is 14.3. The van der Waals surface area contributed by atoms with Crippen LogP contribution in [0.25, 0.3) is 38.8 Å². The zero-order valence-corrected chi connectivity index (χ0v) is 17.5. The predicted molar refractivity (Wildman–Crippen MR) is 118 cm³/mol. The van der Waals surface area contributed by atoms with E-state index in [2.05, 4.69) is 20.4 Å². The molecule has 0 aliphatic carbocycles. The van der Waals surface area contributed by atoms with Gasteiger partial charge in [0.25, 0.3) is 0 Å². The standard InChI is InChI=1S/C22H20FN7O/c1-12-19(11-28(3)27-12)30-20-15-7-13(14-8-16(23)21(24-2)26-9-14)5-6-17(15)25-10-18(20)29(4)22(30)31/h5-11H,1-4H3,(H,24,26). The molecule has 0 unspecified atom stereocenters. The summed E-state index contributed by atoms with van der Waals surface area (Å²) < 4.78 is 19.2. The number of hydrogen-bond acceptors (Lipinski definition) is 5. The second kappa shape index (κ2) is 6.76. The molecule has 4 aromatic heterocycles. The molecule has 31 heavy (non-hydrogen) atoms. The number of aryl methyl sites for hydroxylation is 3. The second-order valence-corrected chi connectivity index (χ2v) is 7.48. The summed E-state index contributed by atoms with van der Waals surface area (Å²) >= 11 is 0. The average molecular weight is 417 g/mol. The van der Waals surface area contributed by atoms with E-state index in [-0.39, 0.29) is 11.5 Å². The Hall–Kier alpha value is -4.01. The van der Waals surface area contributed by atoms with Crippen LogP contribution in [0.3, 0.4) is 0 Å². The fourth-order valence-electron chi connectivity index (χ4n) is 3.99. The summed E-state index contributed by atoms with van der Waals surface area (Å²) in [5.74, 6) is -0.239. The fourth-order valence-corrected chi connectivity index (χ4v) is 3.99. The number of hydrogen-bond donors (Lipinski definition) is 1. The van der Waals surface area contributed by atoms with Gasteiger partial charge in [0.1, 0.15) is 0 Å². The molecule has 0 bridgehead atoms. The van der Waals surface area contributed by atoms with Crippen LogP contribution < -0.4 is 11.0 Å². The highest BCUT2D eigenvalue weighted by molar-refractivity contribution is 6.04. The Labute approximate surface area is 176 Å². The van der Waals surface area contributed by atoms with Crippen LogP contribution in [0.5, 0.6) is 0 Å². The van der Waals surface area contributed by atoms with Gasteiger partial charge >= 0.3 is 5.69 Å². The SMILES string of the molecule is CNc1ncc(-c2ccc3ncc4c(c3c2)n(-c2cn(C)nc2C)c(=O)n4C)cc1F. The smallest absolute Gasteiger partial charge is 0.333 e. The molecule has 5 rings (SSSR count). The van der Waals surface area contributed by atoms with Crippen LogP contribution in [0.4, 0.5) is 10.2 Å². The number of fused-ring (bicyclic) bond motifs is 3. The minimum absolute atomic E-state index is 0.183. The van der Waals surface area contributed by atoms with Crippen LogP contribution in [-0.4, -0.2) is 35.9 Å². The van der Waals surface area contributed by atoms with Crippen molar-refractivity contribution >= 4 is 27.8 Å². The van der Waals surface area contributed by atoms with Gasteiger partial charge in [0.2, 0.25) is 0 Å². The summed E-state index contributed by atoms with van der Waals surface area (Å²) in [7, 11) is 5.17. The van der Waals surface area contributed by atoms with Crippen molar-refractivity contribution in [2.45, 2.75) is 6.92 Å². The zero-order valence-electron chi connectivity index (χ0n) is 17.5. The molecule has 0 fully saturated rings. The molecule has 0 saturated heterocycles. The summed E-state index contributed by atoms with van der Waals surface area (Å²) in [6, 6.07) is 7.10. The molecule has 5 aromatic rings. The van der Waals surface area contributed by atoms with Crippen LogP contribution >= 0.6 is 0 Å². The lowest BCUT2D eigenvalue weighted by Gasteiger charge is -2.08. The van der Waals surface area contributed by atoms with E-state index < -0.39 is 5.82 Å². The highest BCUT2D eigenvalue weighted by Crippen LogP contribution is 2.30. The van der Waals surface area contributed by atoms with E-state index >= 15 is 0 Å². The van der Waals surface area contributed by atoms with Gasteiger partial charge < -0.3 is 5.32 Å². The van der Waals surface area contributed by atoms with E-state index in [1.807, 2.05) is 38.4 Å². The quantitative estimate of drug-likeness (QED) is 0.488. The molecule has 0 amide bonds. The molecule has 0 spiro atoms. The summed E-state index contributed by atoms with van der Waals surface area (Å²) in [5.41, 5.74) is 4.85. The third-order valence-electron chi connectivity index (χ3n) is 5.52. The second-order valence-electron chi connectivity index (χ2n) is 7.48. The summed E-state index contributed by atoms with van der Waals surface area (Å²) in [4.78, 5) is 21.8. The van der Waals surface area contributed by atoms with Gasteiger partial charge in [-0.1, -0.05) is 6.07 Å². The highest BCUT2D eigenvalue weighted by atomic mass is 19.1. The van der Waals surface area contributed by atoms with Gasteiger partial charge in [-0.2, -0.15) is 5.10 Å². The minimum atomic E-state index is -0.431. The zero-order chi connectivity index (χ0) is 21.9. The number of benzene rings is 1. The average Bonchev–Trinajstić information content (AvgIpc) is 3.22. The number of nitrogens with zero attached hydrogens (tertiary/aromatic N) is 6. The van der Waals surface area contributed by atoms with Crippen LogP contribution in [-0.2, 0) is 14.1 Å². The van der Waals surface area contributed by atoms with Crippen molar-refractivity contribution in [3.8, 4) is 16.8 Å². The Kier molecular flexibility index (Phi) is 4.14. The largest absolute Gasteiger partial charge is 0.371 e. The van der Waals surface area contributed by atoms with Gasteiger partial charge in [0.05, 0.1) is 34.1 Å². The fraction of sp³-hybridized carbons (Fsp3) is 0.182. The molecular weight excluding hydrogens is 397 g/mol. The topological polar surface area (TPSA) is 82.6 Å². The lowest BCUT2D eigenvalue weighted by atomic mass is 10.0. The molecule has 0 aliphatic heterocycles. The highest BCUT2D eigenvalue weighted by Gasteiger charge is 2.19. The molecule has 0 saturated carbocycles. The molecule has 8 nitrogen and oxygen atoms in total. The normalized spacial score (nSPS) is 11.5. The number of nitrogens with one attached hydrogen (secondary N) is 1. The third-order valence-corrected chi connectivity index (χ3v) is 5.52. The van der Waals surface area contributed by atoms with E-state index in [9.17, 15) is 9.18 Å². The summed E-state index contributed by atoms with van der Waals surface area (Å²) in [6.07, 6.45) is 5.14. The van der Waals surface area contributed by atoms with E-state index in [4.69, 9.17) is 0 Å². The number of rotatable bonds is 3. The summed E-state index contributed by atoms with van der Waals surface area (Å²) in [5, 5.41) is 7.90. The van der Waals surface area contributed by atoms with E-state index in [0.717, 1.165) is 27.7 Å². The maximum Gasteiger partial charge on any atom is 0.333 e.